The quantitative estimate of drug-likeness (QED) is 0.279. The Bertz CT molecular complexity index is 1290. The van der Waals surface area contributed by atoms with Crippen LogP contribution < -0.4 is 0 Å². The zero-order chi connectivity index (χ0) is 26.1. The van der Waals surface area contributed by atoms with E-state index in [1.807, 2.05) is 12.3 Å². The second kappa shape index (κ2) is 10.4. The Morgan fingerprint density at radius 1 is 1.24 bits per heavy atom. The lowest BCUT2D eigenvalue weighted by atomic mass is 9.96. The van der Waals surface area contributed by atoms with E-state index in [1.54, 1.807) is 17.1 Å². The summed E-state index contributed by atoms with van der Waals surface area (Å²) >= 11 is 0. The first-order chi connectivity index (χ1) is 17.9. The number of carbonyl (C=O) groups is 1. The third-order valence-electron chi connectivity index (χ3n) is 6.91. The molecule has 37 heavy (non-hydrogen) atoms. The minimum atomic E-state index is -1.77. The van der Waals surface area contributed by atoms with Gasteiger partial charge in [0.25, 0.3) is 0 Å². The molecule has 0 aromatic carbocycles. The number of nitrogens with one attached hydrogen (secondary N) is 1. The molecule has 8 unspecified atom stereocenters. The SMILES string of the molecule is N#CCC(C1CCC(OC2OC(OC(=O)O)C(O)C(O)C2O)C1)n1cc(-c2ncnc3[nH]ccc23)cn1. The molecule has 1 aliphatic carbocycles. The Kier molecular flexibility index (Phi) is 7.04. The molecule has 8 atom stereocenters. The van der Waals surface area contributed by atoms with Crippen LogP contribution in [0.4, 0.5) is 4.79 Å². The molecule has 1 aliphatic heterocycles. The van der Waals surface area contributed by atoms with Crippen LogP contribution >= 0.6 is 0 Å². The number of nitriles is 1. The Labute approximate surface area is 210 Å². The van der Waals surface area contributed by atoms with Crippen molar-refractivity contribution in [2.75, 3.05) is 0 Å². The third kappa shape index (κ3) is 4.99. The number of ether oxygens (including phenoxy) is 3. The van der Waals surface area contributed by atoms with Crippen molar-refractivity contribution in [1.29, 1.82) is 5.26 Å². The maximum Gasteiger partial charge on any atom is 0.508 e. The third-order valence-corrected chi connectivity index (χ3v) is 6.91. The van der Waals surface area contributed by atoms with Gasteiger partial charge >= 0.3 is 6.16 Å². The molecular formula is C23H26N6O8. The number of rotatable bonds is 7. The number of aromatic nitrogens is 5. The number of aromatic amines is 1. The molecule has 196 valence electrons. The average molecular weight is 514 g/mol. The summed E-state index contributed by atoms with van der Waals surface area (Å²) in [4.78, 5) is 22.5. The second-order valence-electron chi connectivity index (χ2n) is 9.16. The van der Waals surface area contributed by atoms with Gasteiger partial charge in [-0.15, -0.1) is 0 Å². The topological polar surface area (TPSA) is 209 Å². The van der Waals surface area contributed by atoms with Crippen LogP contribution in [0.15, 0.2) is 31.0 Å². The van der Waals surface area contributed by atoms with Crippen molar-refractivity contribution >= 4 is 17.2 Å². The molecule has 14 nitrogen and oxygen atoms in total. The van der Waals surface area contributed by atoms with Crippen LogP contribution in [0.2, 0.25) is 0 Å². The number of aliphatic hydroxyl groups excluding tert-OH is 3. The fourth-order valence-electron chi connectivity index (χ4n) is 5.08. The summed E-state index contributed by atoms with van der Waals surface area (Å²) in [6.07, 6.45) is -1.51. The van der Waals surface area contributed by atoms with E-state index in [-0.39, 0.29) is 18.4 Å². The molecule has 4 heterocycles. The van der Waals surface area contributed by atoms with Crippen LogP contribution in [0.25, 0.3) is 22.3 Å². The summed E-state index contributed by atoms with van der Waals surface area (Å²) in [5, 5.41) is 54.0. The normalized spacial score (nSPS) is 30.7. The maximum absolute atomic E-state index is 10.9. The van der Waals surface area contributed by atoms with E-state index in [0.717, 1.165) is 16.6 Å². The van der Waals surface area contributed by atoms with Gasteiger partial charge in [-0.1, -0.05) is 0 Å². The molecule has 14 heteroatoms. The Balaban J connectivity index is 1.28. The molecule has 5 N–H and O–H groups in total. The highest BCUT2D eigenvalue weighted by atomic mass is 16.8. The molecule has 0 spiro atoms. The lowest BCUT2D eigenvalue weighted by Gasteiger charge is -2.39. The fraction of sp³-hybridized carbons (Fsp3) is 0.522. The van der Waals surface area contributed by atoms with Gasteiger partial charge in [0.2, 0.25) is 6.29 Å². The van der Waals surface area contributed by atoms with E-state index >= 15 is 0 Å². The lowest BCUT2D eigenvalue weighted by molar-refractivity contribution is -0.347. The molecule has 2 aliphatic rings. The minimum absolute atomic E-state index is 0.0115. The monoisotopic (exact) mass is 514 g/mol. The number of aliphatic hydroxyl groups is 3. The largest absolute Gasteiger partial charge is 0.508 e. The van der Waals surface area contributed by atoms with Gasteiger partial charge in [0.05, 0.1) is 36.5 Å². The van der Waals surface area contributed by atoms with Crippen molar-refractivity contribution in [1.82, 2.24) is 24.7 Å². The first-order valence-electron chi connectivity index (χ1n) is 11.8. The summed E-state index contributed by atoms with van der Waals surface area (Å²) in [6.45, 7) is 0. The summed E-state index contributed by atoms with van der Waals surface area (Å²) in [6, 6.07) is 3.87. The maximum atomic E-state index is 10.9. The van der Waals surface area contributed by atoms with Crippen LogP contribution in [-0.2, 0) is 14.2 Å². The first kappa shape index (κ1) is 25.1. The summed E-state index contributed by atoms with van der Waals surface area (Å²) in [5.74, 6) is 0.0115. The van der Waals surface area contributed by atoms with E-state index in [4.69, 9.17) is 14.6 Å². The number of hydrogen-bond acceptors (Lipinski definition) is 11. The minimum Gasteiger partial charge on any atom is -0.450 e. The van der Waals surface area contributed by atoms with E-state index in [9.17, 15) is 25.4 Å². The van der Waals surface area contributed by atoms with E-state index in [1.165, 1.54) is 6.33 Å². The Morgan fingerprint density at radius 3 is 2.84 bits per heavy atom. The molecule has 2 fully saturated rings. The molecule has 0 amide bonds. The van der Waals surface area contributed by atoms with Crippen LogP contribution in [0.5, 0.6) is 0 Å². The van der Waals surface area contributed by atoms with Gasteiger partial charge in [0, 0.05) is 23.3 Å². The highest BCUT2D eigenvalue weighted by Crippen LogP contribution is 2.39. The Hall–Kier alpha value is -3.61. The van der Waals surface area contributed by atoms with Gasteiger partial charge in [-0.05, 0) is 31.2 Å². The van der Waals surface area contributed by atoms with Crippen LogP contribution in [-0.4, -0.2) is 88.3 Å². The predicted molar refractivity (Wildman–Crippen MR) is 122 cm³/mol. The highest BCUT2D eigenvalue weighted by molar-refractivity contribution is 5.89. The van der Waals surface area contributed by atoms with Gasteiger partial charge in [0.15, 0.2) is 6.29 Å². The van der Waals surface area contributed by atoms with Gasteiger partial charge in [0.1, 0.15) is 30.3 Å². The van der Waals surface area contributed by atoms with Crippen molar-refractivity contribution in [2.24, 2.45) is 5.92 Å². The zero-order valence-electron chi connectivity index (χ0n) is 19.5. The molecule has 1 saturated carbocycles. The van der Waals surface area contributed by atoms with Gasteiger partial charge < -0.3 is 39.6 Å². The van der Waals surface area contributed by atoms with Crippen molar-refractivity contribution in [3.8, 4) is 17.3 Å². The summed E-state index contributed by atoms with van der Waals surface area (Å²) in [7, 11) is 0. The zero-order valence-corrected chi connectivity index (χ0v) is 19.5. The van der Waals surface area contributed by atoms with E-state index < -0.39 is 43.2 Å². The molecule has 0 bridgehead atoms. The number of H-pyrrole nitrogens is 1. The molecular weight excluding hydrogens is 488 g/mol. The van der Waals surface area contributed by atoms with E-state index in [2.05, 4.69) is 30.9 Å². The lowest BCUT2D eigenvalue weighted by Crippen LogP contribution is -2.59. The molecule has 3 aromatic heterocycles. The standard InChI is InChI=1S/C23H26N6O8/c24-5-3-15(29-9-12(8-28-29)16-14-4-6-25-20(14)27-10-26-16)11-1-2-13(7-11)35-21-18(31)17(30)19(32)22(36-21)37-23(33)34/h4,6,8-11,13,15,17-19,21-22,30-32H,1-3,7H2,(H,33,34)(H,25,26,27). The second-order valence-corrected chi connectivity index (χ2v) is 9.16. The Morgan fingerprint density at radius 2 is 2.05 bits per heavy atom. The van der Waals surface area contributed by atoms with Crippen molar-refractivity contribution < 1.29 is 39.4 Å². The van der Waals surface area contributed by atoms with Crippen molar-refractivity contribution in [2.45, 2.75) is 68.7 Å². The van der Waals surface area contributed by atoms with Gasteiger partial charge in [-0.2, -0.15) is 10.4 Å². The summed E-state index contributed by atoms with van der Waals surface area (Å²) < 4.78 is 17.4. The van der Waals surface area contributed by atoms with Gasteiger partial charge in [-0.25, -0.2) is 14.8 Å². The fourth-order valence-corrected chi connectivity index (χ4v) is 5.08. The summed E-state index contributed by atoms with van der Waals surface area (Å²) in [5.41, 5.74) is 2.22. The number of fused-ring (bicyclic) bond motifs is 1. The first-order valence-corrected chi connectivity index (χ1v) is 11.8. The predicted octanol–water partition coefficient (Wildman–Crippen LogP) is 0.921. The average Bonchev–Trinajstić information content (AvgIpc) is 3.64. The van der Waals surface area contributed by atoms with E-state index in [0.29, 0.717) is 24.9 Å². The smallest absolute Gasteiger partial charge is 0.450 e. The van der Waals surface area contributed by atoms with Gasteiger partial charge in [-0.3, -0.25) is 4.68 Å². The number of nitrogens with zero attached hydrogens (tertiary/aromatic N) is 5. The van der Waals surface area contributed by atoms with Crippen molar-refractivity contribution in [3.63, 3.8) is 0 Å². The molecule has 1 saturated heterocycles. The van der Waals surface area contributed by atoms with Crippen LogP contribution in [0.3, 0.4) is 0 Å². The van der Waals surface area contributed by atoms with Crippen LogP contribution in [0, 0.1) is 17.2 Å². The number of hydrogen-bond donors (Lipinski definition) is 5. The van der Waals surface area contributed by atoms with Crippen molar-refractivity contribution in [3.05, 3.63) is 31.0 Å². The number of carboxylic acid groups (broad SMARTS) is 1. The highest BCUT2D eigenvalue weighted by Gasteiger charge is 2.47. The molecule has 0 radical (unpaired) electrons. The van der Waals surface area contributed by atoms with Crippen LogP contribution in [0.1, 0.15) is 31.7 Å². The molecule has 5 rings (SSSR count). The molecule has 3 aromatic rings.